The summed E-state index contributed by atoms with van der Waals surface area (Å²) in [6.07, 6.45) is 7.78. The summed E-state index contributed by atoms with van der Waals surface area (Å²) in [6.45, 7) is 1.62. The van der Waals surface area contributed by atoms with Crippen molar-refractivity contribution in [3.05, 3.63) is 30.1 Å². The lowest BCUT2D eigenvalue weighted by Gasteiger charge is -2.48. The molecule has 2 N–H and O–H groups in total. The van der Waals surface area contributed by atoms with Gasteiger partial charge in [-0.1, -0.05) is 18.9 Å². The quantitative estimate of drug-likeness (QED) is 0.862. The number of nitrogens with zero attached hydrogens (tertiary/aromatic N) is 2. The highest BCUT2D eigenvalue weighted by atomic mass is 16.5. The molecule has 2 atom stereocenters. The third-order valence-electron chi connectivity index (χ3n) is 4.75. The van der Waals surface area contributed by atoms with Gasteiger partial charge >= 0.3 is 0 Å². The average Bonchev–Trinajstić information content (AvgIpc) is 2.53. The summed E-state index contributed by atoms with van der Waals surface area (Å²) in [7, 11) is 3.99. The molecule has 1 heterocycles. The van der Waals surface area contributed by atoms with Gasteiger partial charge in [-0.25, -0.2) is 0 Å². The zero-order chi connectivity index (χ0) is 14.4. The van der Waals surface area contributed by atoms with E-state index in [0.717, 1.165) is 31.5 Å². The molecule has 0 aliphatic heterocycles. The predicted octanol–water partition coefficient (Wildman–Crippen LogP) is 1.84. The lowest BCUT2D eigenvalue weighted by atomic mass is 9.77. The Morgan fingerprint density at radius 1 is 1.45 bits per heavy atom. The first-order chi connectivity index (χ1) is 9.73. The number of ether oxygens (including phenoxy) is 1. The Morgan fingerprint density at radius 2 is 2.30 bits per heavy atom. The summed E-state index contributed by atoms with van der Waals surface area (Å²) in [5.41, 5.74) is 7.26. The van der Waals surface area contributed by atoms with Gasteiger partial charge in [0.2, 0.25) is 0 Å². The number of nitrogens with two attached hydrogens (primary N) is 1. The van der Waals surface area contributed by atoms with Crippen molar-refractivity contribution in [2.45, 2.75) is 43.7 Å². The summed E-state index contributed by atoms with van der Waals surface area (Å²) in [6, 6.07) is 6.08. The molecular formula is C16H27N3O. The van der Waals surface area contributed by atoms with Crippen LogP contribution in [0.25, 0.3) is 0 Å². The van der Waals surface area contributed by atoms with E-state index in [-0.39, 0.29) is 11.6 Å². The first kappa shape index (κ1) is 15.4. The molecule has 1 fully saturated rings. The number of aromatic nitrogens is 1. The molecular weight excluding hydrogens is 250 g/mol. The Bertz CT molecular complexity index is 398. The summed E-state index contributed by atoms with van der Waals surface area (Å²) in [5.74, 6) is 0. The second-order valence-corrected chi connectivity index (χ2v) is 5.77. The lowest BCUT2D eigenvalue weighted by Crippen LogP contribution is -2.62. The van der Waals surface area contributed by atoms with Crippen LogP contribution < -0.4 is 5.73 Å². The molecule has 2 rings (SSSR count). The van der Waals surface area contributed by atoms with Crippen LogP contribution in [0.1, 0.15) is 31.4 Å². The van der Waals surface area contributed by atoms with Gasteiger partial charge in [-0.3, -0.25) is 9.88 Å². The van der Waals surface area contributed by atoms with Gasteiger partial charge in [0.1, 0.15) is 0 Å². The number of pyridine rings is 1. The van der Waals surface area contributed by atoms with E-state index < -0.39 is 0 Å². The second kappa shape index (κ2) is 7.16. The lowest BCUT2D eigenvalue weighted by molar-refractivity contribution is -0.0652. The standard InChI is InChI=1S/C16H27N3O/c1-19(12-9-14-7-4-6-11-18-14)16(13-17)10-5-3-8-15(16)20-2/h4,6-7,11,15H,3,5,8-10,12-13,17H2,1-2H3. The molecule has 1 aromatic heterocycles. The minimum atomic E-state index is -0.0121. The van der Waals surface area contributed by atoms with Crippen molar-refractivity contribution in [3.63, 3.8) is 0 Å². The molecule has 1 aromatic rings. The van der Waals surface area contributed by atoms with Crippen molar-refractivity contribution >= 4 is 0 Å². The van der Waals surface area contributed by atoms with E-state index in [2.05, 4.69) is 23.0 Å². The fourth-order valence-corrected chi connectivity index (χ4v) is 3.40. The van der Waals surface area contributed by atoms with Gasteiger partial charge in [0.15, 0.2) is 0 Å². The van der Waals surface area contributed by atoms with Crippen LogP contribution in [0.3, 0.4) is 0 Å². The number of hydrogen-bond acceptors (Lipinski definition) is 4. The summed E-state index contributed by atoms with van der Waals surface area (Å²) < 4.78 is 5.73. The van der Waals surface area contributed by atoms with E-state index in [0.29, 0.717) is 6.54 Å². The van der Waals surface area contributed by atoms with Crippen molar-refractivity contribution < 1.29 is 4.74 Å². The summed E-state index contributed by atoms with van der Waals surface area (Å²) in [5, 5.41) is 0. The van der Waals surface area contributed by atoms with E-state index in [4.69, 9.17) is 10.5 Å². The first-order valence-corrected chi connectivity index (χ1v) is 7.57. The van der Waals surface area contributed by atoms with Gasteiger partial charge in [-0.05, 0) is 32.0 Å². The Hall–Kier alpha value is -0.970. The van der Waals surface area contributed by atoms with E-state index in [1.165, 1.54) is 12.8 Å². The van der Waals surface area contributed by atoms with Crippen LogP contribution in [-0.2, 0) is 11.2 Å². The van der Waals surface area contributed by atoms with Crippen LogP contribution in [0.5, 0.6) is 0 Å². The number of hydrogen-bond donors (Lipinski definition) is 1. The molecule has 4 nitrogen and oxygen atoms in total. The molecule has 0 radical (unpaired) electrons. The maximum absolute atomic E-state index is 6.14. The Kier molecular flexibility index (Phi) is 5.52. The van der Waals surface area contributed by atoms with Gasteiger partial charge in [0.05, 0.1) is 11.6 Å². The predicted molar refractivity (Wildman–Crippen MR) is 81.6 cm³/mol. The Morgan fingerprint density at radius 3 is 2.95 bits per heavy atom. The molecule has 20 heavy (non-hydrogen) atoms. The smallest absolute Gasteiger partial charge is 0.0767 e. The van der Waals surface area contributed by atoms with Gasteiger partial charge in [0, 0.05) is 38.5 Å². The van der Waals surface area contributed by atoms with Crippen LogP contribution in [0.2, 0.25) is 0 Å². The maximum Gasteiger partial charge on any atom is 0.0767 e. The van der Waals surface area contributed by atoms with E-state index >= 15 is 0 Å². The third-order valence-corrected chi connectivity index (χ3v) is 4.75. The highest BCUT2D eigenvalue weighted by Gasteiger charge is 2.43. The summed E-state index contributed by atoms with van der Waals surface area (Å²) in [4.78, 5) is 6.79. The van der Waals surface area contributed by atoms with Crippen LogP contribution in [0.15, 0.2) is 24.4 Å². The SMILES string of the molecule is COC1CCCCC1(CN)N(C)CCc1ccccn1. The molecule has 0 amide bonds. The molecule has 0 spiro atoms. The zero-order valence-corrected chi connectivity index (χ0v) is 12.7. The Labute approximate surface area is 122 Å². The topological polar surface area (TPSA) is 51.4 Å². The van der Waals surface area contributed by atoms with Gasteiger partial charge < -0.3 is 10.5 Å². The fourth-order valence-electron chi connectivity index (χ4n) is 3.40. The van der Waals surface area contributed by atoms with Crippen LogP contribution in [-0.4, -0.2) is 48.8 Å². The monoisotopic (exact) mass is 277 g/mol. The molecule has 0 bridgehead atoms. The highest BCUT2D eigenvalue weighted by molar-refractivity contribution is 5.05. The van der Waals surface area contributed by atoms with Crippen molar-refractivity contribution in [2.75, 3.05) is 27.2 Å². The van der Waals surface area contributed by atoms with Crippen molar-refractivity contribution in [2.24, 2.45) is 5.73 Å². The minimum absolute atomic E-state index is 0.0121. The zero-order valence-electron chi connectivity index (χ0n) is 12.7. The highest BCUT2D eigenvalue weighted by Crippen LogP contribution is 2.34. The van der Waals surface area contributed by atoms with Crippen molar-refractivity contribution in [1.29, 1.82) is 0 Å². The number of methoxy groups -OCH3 is 1. The minimum Gasteiger partial charge on any atom is -0.379 e. The van der Waals surface area contributed by atoms with E-state index in [9.17, 15) is 0 Å². The van der Waals surface area contributed by atoms with Crippen LogP contribution in [0, 0.1) is 0 Å². The number of likely N-dealkylation sites (N-methyl/N-ethyl adjacent to an activating group) is 1. The van der Waals surface area contributed by atoms with Crippen LogP contribution in [0.4, 0.5) is 0 Å². The van der Waals surface area contributed by atoms with E-state index in [1.54, 1.807) is 0 Å². The molecule has 2 unspecified atom stereocenters. The first-order valence-electron chi connectivity index (χ1n) is 7.57. The molecule has 1 aliphatic rings. The molecule has 0 saturated heterocycles. The molecule has 1 aliphatic carbocycles. The third kappa shape index (κ3) is 3.19. The van der Waals surface area contributed by atoms with E-state index in [1.807, 2.05) is 25.4 Å². The maximum atomic E-state index is 6.14. The van der Waals surface area contributed by atoms with Crippen molar-refractivity contribution in [3.8, 4) is 0 Å². The molecule has 1 saturated carbocycles. The fraction of sp³-hybridized carbons (Fsp3) is 0.688. The van der Waals surface area contributed by atoms with Gasteiger partial charge in [-0.2, -0.15) is 0 Å². The molecule has 4 heteroatoms. The van der Waals surface area contributed by atoms with Crippen LogP contribution >= 0.6 is 0 Å². The summed E-state index contributed by atoms with van der Waals surface area (Å²) >= 11 is 0. The average molecular weight is 277 g/mol. The molecule has 0 aromatic carbocycles. The number of rotatable bonds is 6. The largest absolute Gasteiger partial charge is 0.379 e. The van der Waals surface area contributed by atoms with Gasteiger partial charge in [-0.15, -0.1) is 0 Å². The second-order valence-electron chi connectivity index (χ2n) is 5.77. The normalized spacial score (nSPS) is 26.9. The van der Waals surface area contributed by atoms with Crippen molar-refractivity contribution in [1.82, 2.24) is 9.88 Å². The molecule has 112 valence electrons. The Balaban J connectivity index is 2.02. The van der Waals surface area contributed by atoms with Gasteiger partial charge in [0.25, 0.3) is 0 Å².